The molecule has 0 aliphatic rings. The maximum atomic E-state index is 5.00. The van der Waals surface area contributed by atoms with Crippen LogP contribution in [0.1, 0.15) is 39.4 Å². The highest BCUT2D eigenvalue weighted by Gasteiger charge is 2.26. The van der Waals surface area contributed by atoms with Crippen LogP contribution in [0.4, 0.5) is 0 Å². The molecule has 4 heteroatoms. The number of rotatable bonds is 4. The molecule has 0 aliphatic heterocycles. The molecule has 1 aromatic heterocycles. The Kier molecular flexibility index (Phi) is 4.24. The number of ether oxygens (including phenoxy) is 1. The molecule has 1 heterocycles. The lowest BCUT2D eigenvalue weighted by Crippen LogP contribution is -2.33. The molecule has 90 valence electrons. The highest BCUT2D eigenvalue weighted by Crippen LogP contribution is 2.31. The number of nitrogens with one attached hydrogen (secondary N) is 1. The van der Waals surface area contributed by atoms with Crippen LogP contribution in [-0.2, 0) is 0 Å². The number of nitrogens with zero attached hydrogens (tertiary/aromatic N) is 2. The average Bonchev–Trinajstić information content (AvgIpc) is 2.25. The lowest BCUT2D eigenvalue weighted by atomic mass is 9.84. The maximum Gasteiger partial charge on any atom is 0.233 e. The first-order chi connectivity index (χ1) is 7.49. The zero-order valence-corrected chi connectivity index (χ0v) is 10.7. The second-order valence-corrected chi connectivity index (χ2v) is 4.86. The van der Waals surface area contributed by atoms with Crippen molar-refractivity contribution < 1.29 is 4.74 Å². The third kappa shape index (κ3) is 3.17. The minimum atomic E-state index is 0.110. The Hall–Kier alpha value is -1.16. The van der Waals surface area contributed by atoms with Gasteiger partial charge < -0.3 is 10.1 Å². The van der Waals surface area contributed by atoms with Crippen LogP contribution in [0.5, 0.6) is 5.88 Å². The van der Waals surface area contributed by atoms with Crippen molar-refractivity contribution in [3.8, 4) is 5.88 Å². The van der Waals surface area contributed by atoms with Gasteiger partial charge in [-0.15, -0.1) is 5.10 Å². The highest BCUT2D eigenvalue weighted by molar-refractivity contribution is 5.15. The van der Waals surface area contributed by atoms with Crippen LogP contribution in [0, 0.1) is 5.41 Å². The molecular formula is C12H21N3O. The maximum absolute atomic E-state index is 5.00. The van der Waals surface area contributed by atoms with Crippen molar-refractivity contribution in [3.05, 3.63) is 17.8 Å². The van der Waals surface area contributed by atoms with E-state index in [9.17, 15) is 0 Å². The van der Waals surface area contributed by atoms with Gasteiger partial charge >= 0.3 is 0 Å². The van der Waals surface area contributed by atoms with Gasteiger partial charge in [-0.1, -0.05) is 27.7 Å². The number of hydrogen-bond acceptors (Lipinski definition) is 4. The Morgan fingerprint density at radius 2 is 2.00 bits per heavy atom. The number of hydrogen-bond donors (Lipinski definition) is 1. The summed E-state index contributed by atoms with van der Waals surface area (Å²) in [6.45, 7) is 9.57. The van der Waals surface area contributed by atoms with Crippen molar-refractivity contribution in [1.82, 2.24) is 15.5 Å². The van der Waals surface area contributed by atoms with E-state index in [0.29, 0.717) is 5.88 Å². The van der Waals surface area contributed by atoms with Crippen LogP contribution in [-0.4, -0.2) is 23.9 Å². The first kappa shape index (κ1) is 12.9. The first-order valence-corrected chi connectivity index (χ1v) is 5.60. The minimum Gasteiger partial charge on any atom is -0.480 e. The second kappa shape index (κ2) is 5.25. The van der Waals surface area contributed by atoms with Gasteiger partial charge in [-0.25, -0.2) is 0 Å². The van der Waals surface area contributed by atoms with Crippen molar-refractivity contribution in [2.45, 2.75) is 33.7 Å². The summed E-state index contributed by atoms with van der Waals surface area (Å²) < 4.78 is 5.00. The van der Waals surface area contributed by atoms with Gasteiger partial charge in [0.15, 0.2) is 0 Å². The highest BCUT2D eigenvalue weighted by atomic mass is 16.5. The summed E-state index contributed by atoms with van der Waals surface area (Å²) in [5.41, 5.74) is 1.06. The fourth-order valence-electron chi connectivity index (χ4n) is 1.65. The quantitative estimate of drug-likeness (QED) is 0.850. The van der Waals surface area contributed by atoms with Crippen molar-refractivity contribution in [2.75, 3.05) is 13.7 Å². The normalized spacial score (nSPS) is 13.6. The molecule has 0 fully saturated rings. The summed E-state index contributed by atoms with van der Waals surface area (Å²) in [6.07, 6.45) is 0. The van der Waals surface area contributed by atoms with E-state index in [2.05, 4.69) is 43.2 Å². The third-order valence-electron chi connectivity index (χ3n) is 2.44. The van der Waals surface area contributed by atoms with Crippen LogP contribution >= 0.6 is 0 Å². The smallest absolute Gasteiger partial charge is 0.233 e. The van der Waals surface area contributed by atoms with Crippen LogP contribution in [0.25, 0.3) is 0 Å². The standard InChI is InChI=1S/C12H21N3O/c1-6-13-11(12(2,3)4)9-7-8-10(16-5)15-14-9/h7-8,11,13H,6H2,1-5H3. The topological polar surface area (TPSA) is 47.0 Å². The molecule has 0 saturated carbocycles. The molecular weight excluding hydrogens is 202 g/mol. The van der Waals surface area contributed by atoms with Crippen LogP contribution < -0.4 is 10.1 Å². The molecule has 0 bridgehead atoms. The van der Waals surface area contributed by atoms with E-state index in [0.717, 1.165) is 12.2 Å². The second-order valence-electron chi connectivity index (χ2n) is 4.86. The molecule has 16 heavy (non-hydrogen) atoms. The van der Waals surface area contributed by atoms with Crippen molar-refractivity contribution in [3.63, 3.8) is 0 Å². The Bertz CT molecular complexity index is 316. The van der Waals surface area contributed by atoms with Gasteiger partial charge in [0.25, 0.3) is 0 Å². The lowest BCUT2D eigenvalue weighted by Gasteiger charge is -2.30. The predicted molar refractivity (Wildman–Crippen MR) is 64.5 cm³/mol. The Balaban J connectivity index is 2.93. The van der Waals surface area contributed by atoms with E-state index in [-0.39, 0.29) is 11.5 Å². The zero-order valence-electron chi connectivity index (χ0n) is 10.7. The van der Waals surface area contributed by atoms with E-state index < -0.39 is 0 Å². The van der Waals surface area contributed by atoms with Crippen molar-refractivity contribution >= 4 is 0 Å². The molecule has 0 saturated heterocycles. The summed E-state index contributed by atoms with van der Waals surface area (Å²) in [7, 11) is 1.59. The number of methoxy groups -OCH3 is 1. The first-order valence-electron chi connectivity index (χ1n) is 5.60. The fourth-order valence-corrected chi connectivity index (χ4v) is 1.65. The monoisotopic (exact) mass is 223 g/mol. The molecule has 1 rings (SSSR count). The van der Waals surface area contributed by atoms with Gasteiger partial charge in [0.1, 0.15) is 0 Å². The van der Waals surface area contributed by atoms with Gasteiger partial charge in [0.2, 0.25) is 5.88 Å². The summed E-state index contributed by atoms with van der Waals surface area (Å²) in [6, 6.07) is 4.01. The fraction of sp³-hybridized carbons (Fsp3) is 0.667. The van der Waals surface area contributed by atoms with E-state index in [1.807, 2.05) is 12.1 Å². The largest absolute Gasteiger partial charge is 0.480 e. The van der Waals surface area contributed by atoms with E-state index in [4.69, 9.17) is 4.74 Å². The van der Waals surface area contributed by atoms with Gasteiger partial charge in [-0.3, -0.25) is 0 Å². The van der Waals surface area contributed by atoms with Crippen molar-refractivity contribution in [1.29, 1.82) is 0 Å². The SMILES string of the molecule is CCNC(c1ccc(OC)nn1)C(C)(C)C. The van der Waals surface area contributed by atoms with E-state index in [1.165, 1.54) is 0 Å². The molecule has 0 aliphatic carbocycles. The molecule has 1 unspecified atom stereocenters. The van der Waals surface area contributed by atoms with E-state index in [1.54, 1.807) is 7.11 Å². The Morgan fingerprint density at radius 1 is 1.31 bits per heavy atom. The summed E-state index contributed by atoms with van der Waals surface area (Å²) in [5, 5.41) is 11.6. The predicted octanol–water partition coefficient (Wildman–Crippen LogP) is 2.18. The van der Waals surface area contributed by atoms with E-state index >= 15 is 0 Å². The Labute approximate surface area is 97.4 Å². The average molecular weight is 223 g/mol. The van der Waals surface area contributed by atoms with Crippen LogP contribution in [0.15, 0.2) is 12.1 Å². The molecule has 1 atom stereocenters. The van der Waals surface area contributed by atoms with Gasteiger partial charge in [0, 0.05) is 6.07 Å². The summed E-state index contributed by atoms with van der Waals surface area (Å²) in [4.78, 5) is 0. The molecule has 0 aromatic carbocycles. The van der Waals surface area contributed by atoms with Gasteiger partial charge in [-0.2, -0.15) is 5.10 Å². The molecule has 0 radical (unpaired) electrons. The zero-order chi connectivity index (χ0) is 12.2. The summed E-state index contributed by atoms with van der Waals surface area (Å²) in [5.74, 6) is 0.549. The molecule has 1 N–H and O–H groups in total. The molecule has 1 aromatic rings. The summed E-state index contributed by atoms with van der Waals surface area (Å²) >= 11 is 0. The van der Waals surface area contributed by atoms with Gasteiger partial charge in [0.05, 0.1) is 18.8 Å². The van der Waals surface area contributed by atoms with Gasteiger partial charge in [-0.05, 0) is 18.0 Å². The molecule has 0 spiro atoms. The molecule has 0 amide bonds. The third-order valence-corrected chi connectivity index (χ3v) is 2.44. The lowest BCUT2D eigenvalue weighted by molar-refractivity contribution is 0.268. The van der Waals surface area contributed by atoms with Crippen molar-refractivity contribution in [2.24, 2.45) is 5.41 Å². The van der Waals surface area contributed by atoms with Crippen LogP contribution in [0.3, 0.4) is 0 Å². The minimum absolute atomic E-state index is 0.110. The number of aromatic nitrogens is 2. The van der Waals surface area contributed by atoms with Crippen LogP contribution in [0.2, 0.25) is 0 Å². The Morgan fingerprint density at radius 3 is 2.38 bits per heavy atom. The molecule has 4 nitrogen and oxygen atoms in total.